The molecule has 2 aromatic rings. The van der Waals surface area contributed by atoms with Crippen molar-refractivity contribution in [1.29, 1.82) is 0 Å². The summed E-state index contributed by atoms with van der Waals surface area (Å²) in [6, 6.07) is 1.21. The first-order valence-electron chi connectivity index (χ1n) is 26.1. The maximum atomic E-state index is 14.2. The van der Waals surface area contributed by atoms with Crippen LogP contribution in [0.1, 0.15) is 108 Å². The van der Waals surface area contributed by atoms with Gasteiger partial charge in [0.15, 0.2) is 0 Å². The molecule has 0 fully saturated rings. The highest BCUT2D eigenvalue weighted by molar-refractivity contribution is 5.99. The Morgan fingerprint density at radius 1 is 0.463 bits per heavy atom. The molecule has 450 valence electrons. The first kappa shape index (κ1) is 69.1. The molecule has 0 aliphatic carbocycles. The summed E-state index contributed by atoms with van der Waals surface area (Å²) >= 11 is 0. The number of aliphatic hydroxyl groups excluding tert-OH is 1. The molecule has 0 heterocycles. The van der Waals surface area contributed by atoms with E-state index in [1.165, 1.54) is 24.3 Å². The van der Waals surface area contributed by atoms with Crippen LogP contribution in [-0.4, -0.2) is 164 Å². The van der Waals surface area contributed by atoms with Gasteiger partial charge in [0.25, 0.3) is 0 Å². The summed E-state index contributed by atoms with van der Waals surface area (Å²) in [7, 11) is 0. The summed E-state index contributed by atoms with van der Waals surface area (Å²) in [5.74, 6) is -15.9. The summed E-state index contributed by atoms with van der Waals surface area (Å²) in [6.45, 7) is 8.26. The number of nitrogens with two attached hydrogens (primary N) is 2. The third kappa shape index (κ3) is 25.8. The fourth-order valence-corrected chi connectivity index (χ4v) is 7.98. The molecule has 0 saturated carbocycles. The van der Waals surface area contributed by atoms with Crippen LogP contribution in [0, 0.1) is 11.8 Å². The number of carboxylic acids is 3. The van der Waals surface area contributed by atoms with Gasteiger partial charge in [0.2, 0.25) is 65.0 Å². The zero-order valence-corrected chi connectivity index (χ0v) is 46.3. The highest BCUT2D eigenvalue weighted by Gasteiger charge is 2.36. The SMILES string of the molecule is CC(=O)N[C@@H](CC(C)C)C(=O)N[C@@H](CC(=O)O)C(=O)N[C@@H](CCC(=O)O)C(=O)N[C@@H](CCC(=O)O)C(=O)N[C@H](C(=O)NCC(=O)N[C@@H](Cc1ccc(C(N)=O)cc1)C(=O)N[C@@H](Cc1ccccc1)C(=O)N[C@@H](CC(C)C)C(N)=O)[C@@H](C)O. The molecule has 0 spiro atoms. The van der Waals surface area contributed by atoms with Gasteiger partial charge in [0.05, 0.1) is 19.1 Å². The highest BCUT2D eigenvalue weighted by Crippen LogP contribution is 2.13. The van der Waals surface area contributed by atoms with Gasteiger partial charge in [-0.25, -0.2) is 0 Å². The number of benzene rings is 2. The topological polar surface area (TPSA) is 480 Å². The molecule has 82 heavy (non-hydrogen) atoms. The first-order chi connectivity index (χ1) is 38.4. The normalized spacial score (nSPS) is 14.3. The fourth-order valence-electron chi connectivity index (χ4n) is 7.98. The third-order valence-corrected chi connectivity index (χ3v) is 12.1. The molecule has 0 bridgehead atoms. The Balaban J connectivity index is 2.42. The molecule has 29 nitrogen and oxygen atoms in total. The van der Waals surface area contributed by atoms with Crippen molar-refractivity contribution in [3.05, 3.63) is 71.3 Å². The van der Waals surface area contributed by atoms with E-state index in [-0.39, 0.29) is 43.1 Å². The second-order valence-corrected chi connectivity index (χ2v) is 20.2. The Bertz CT molecular complexity index is 2620. The maximum absolute atomic E-state index is 14.2. The van der Waals surface area contributed by atoms with E-state index in [4.69, 9.17) is 11.5 Å². The second kappa shape index (κ2) is 34.2. The van der Waals surface area contributed by atoms with Crippen LogP contribution in [0.5, 0.6) is 0 Å². The molecule has 0 aliphatic rings. The van der Waals surface area contributed by atoms with Gasteiger partial charge in [0, 0.05) is 38.2 Å². The molecular formula is C53H75N11O18. The monoisotopic (exact) mass is 1150 g/mol. The Kier molecular flexibility index (Phi) is 28.8. The van der Waals surface area contributed by atoms with Crippen molar-refractivity contribution in [2.45, 2.75) is 154 Å². The molecule has 11 amide bonds. The van der Waals surface area contributed by atoms with Gasteiger partial charge < -0.3 is 79.7 Å². The molecule has 2 rings (SSSR count). The van der Waals surface area contributed by atoms with Gasteiger partial charge in [-0.15, -0.1) is 0 Å². The minimum atomic E-state index is -1.95. The molecule has 0 unspecified atom stereocenters. The van der Waals surface area contributed by atoms with Crippen LogP contribution < -0.4 is 59.3 Å². The molecule has 0 radical (unpaired) electrons. The second-order valence-electron chi connectivity index (χ2n) is 20.2. The van der Waals surface area contributed by atoms with E-state index in [0.717, 1.165) is 13.8 Å². The minimum Gasteiger partial charge on any atom is -0.481 e. The number of carbonyl (C=O) groups excluding carboxylic acids is 11. The summed E-state index contributed by atoms with van der Waals surface area (Å²) in [6.07, 6.45) is -6.03. The molecule has 9 atom stereocenters. The number of aliphatic hydroxyl groups is 1. The van der Waals surface area contributed by atoms with Crippen LogP contribution in [0.3, 0.4) is 0 Å². The van der Waals surface area contributed by atoms with Gasteiger partial charge in [-0.2, -0.15) is 0 Å². The molecule has 17 N–H and O–H groups in total. The van der Waals surface area contributed by atoms with E-state index in [1.807, 2.05) is 0 Å². The number of aliphatic carboxylic acids is 3. The minimum absolute atomic E-state index is 0.0601. The quantitative estimate of drug-likeness (QED) is 0.0319. The first-order valence-corrected chi connectivity index (χ1v) is 26.1. The van der Waals surface area contributed by atoms with Crippen molar-refractivity contribution in [1.82, 2.24) is 47.9 Å². The maximum Gasteiger partial charge on any atom is 0.305 e. The number of primary amides is 2. The van der Waals surface area contributed by atoms with Gasteiger partial charge in [-0.1, -0.05) is 70.2 Å². The van der Waals surface area contributed by atoms with Gasteiger partial charge in [-0.05, 0) is 67.7 Å². The van der Waals surface area contributed by atoms with E-state index < -0.39 is 176 Å². The fraction of sp³-hybridized carbons (Fsp3) is 0.509. The number of nitrogens with one attached hydrogen (secondary N) is 9. The van der Waals surface area contributed by atoms with Gasteiger partial charge in [0.1, 0.15) is 48.3 Å². The van der Waals surface area contributed by atoms with Crippen molar-refractivity contribution in [3.8, 4) is 0 Å². The van der Waals surface area contributed by atoms with E-state index in [0.29, 0.717) is 11.1 Å². The molecule has 0 saturated heterocycles. The standard InChI is InChI=1S/C53H75N11O18/c1-26(2)20-35(46(55)75)61-51(80)38(22-30-10-8-7-9-11-30)62-50(79)37(23-31-12-14-32(15-13-31)45(54)74)58-40(67)25-56-53(82)44(28(5)65)64-48(77)34(17-19-42(70)71)59-47(76)33(16-18-41(68)69)60-52(81)39(24-43(72)73)63-49(78)36(21-27(3)4)57-29(6)66/h7-15,26-28,33-39,44,65H,16-25H2,1-6H3,(H2,54,74)(H2,55,75)(H,56,82)(H,57,66)(H,58,67)(H,59,76)(H,60,81)(H,61,80)(H,62,79)(H,63,78)(H,64,77)(H,68,69)(H,70,71)(H,72,73)/t28-,33+,34+,35+,36+,37+,38+,39+,44+/m1/s1. The predicted octanol–water partition coefficient (Wildman–Crippen LogP) is -3.25. The van der Waals surface area contributed by atoms with Crippen molar-refractivity contribution in [2.24, 2.45) is 23.3 Å². The Labute approximate surface area is 472 Å². The average molecular weight is 1150 g/mol. The number of hydrogen-bond donors (Lipinski definition) is 15. The molecule has 0 aliphatic heterocycles. The van der Waals surface area contributed by atoms with Crippen LogP contribution in [0.15, 0.2) is 54.6 Å². The molecule has 0 aromatic heterocycles. The van der Waals surface area contributed by atoms with Crippen molar-refractivity contribution >= 4 is 82.9 Å². The lowest BCUT2D eigenvalue weighted by molar-refractivity contribution is -0.142. The lowest BCUT2D eigenvalue weighted by Crippen LogP contribution is -2.61. The summed E-state index contributed by atoms with van der Waals surface area (Å²) < 4.78 is 0. The van der Waals surface area contributed by atoms with Crippen molar-refractivity contribution in [3.63, 3.8) is 0 Å². The number of rotatable bonds is 36. The van der Waals surface area contributed by atoms with Crippen LogP contribution in [0.2, 0.25) is 0 Å². The van der Waals surface area contributed by atoms with E-state index in [9.17, 15) is 87.5 Å². The largest absolute Gasteiger partial charge is 0.481 e. The molecular weight excluding hydrogens is 1080 g/mol. The van der Waals surface area contributed by atoms with Crippen LogP contribution >= 0.6 is 0 Å². The zero-order chi connectivity index (χ0) is 62.0. The van der Waals surface area contributed by atoms with Crippen LogP contribution in [-0.2, 0) is 75.2 Å². The lowest BCUT2D eigenvalue weighted by atomic mass is 10.00. The Hall–Kier alpha value is -9.02. The smallest absolute Gasteiger partial charge is 0.305 e. The van der Waals surface area contributed by atoms with Gasteiger partial charge >= 0.3 is 17.9 Å². The molecule has 29 heteroatoms. The van der Waals surface area contributed by atoms with E-state index >= 15 is 0 Å². The number of carboxylic acid groups (broad SMARTS) is 3. The van der Waals surface area contributed by atoms with Crippen molar-refractivity contribution in [2.75, 3.05) is 6.54 Å². The average Bonchev–Trinajstić information content (AvgIpc) is 3.39. The molecule has 2 aromatic carbocycles. The predicted molar refractivity (Wildman–Crippen MR) is 289 cm³/mol. The Morgan fingerprint density at radius 3 is 1.33 bits per heavy atom. The summed E-state index contributed by atoms with van der Waals surface area (Å²) in [4.78, 5) is 181. The van der Waals surface area contributed by atoms with Crippen LogP contribution in [0.25, 0.3) is 0 Å². The highest BCUT2D eigenvalue weighted by atomic mass is 16.4. The number of carbonyl (C=O) groups is 14. The number of hydrogen-bond acceptors (Lipinski definition) is 15. The van der Waals surface area contributed by atoms with Crippen molar-refractivity contribution < 1.29 is 87.5 Å². The van der Waals surface area contributed by atoms with Gasteiger partial charge in [-0.3, -0.25) is 67.1 Å². The third-order valence-electron chi connectivity index (χ3n) is 12.1. The van der Waals surface area contributed by atoms with Crippen LogP contribution in [0.4, 0.5) is 0 Å². The van der Waals surface area contributed by atoms with E-state index in [2.05, 4.69) is 47.9 Å². The zero-order valence-electron chi connectivity index (χ0n) is 46.3. The Morgan fingerprint density at radius 2 is 0.878 bits per heavy atom. The summed E-state index contributed by atoms with van der Waals surface area (Å²) in [5, 5.41) is 60.2. The lowest BCUT2D eigenvalue weighted by Gasteiger charge is -2.27. The summed E-state index contributed by atoms with van der Waals surface area (Å²) in [5.41, 5.74) is 12.1. The van der Waals surface area contributed by atoms with E-state index in [1.54, 1.807) is 58.0 Å². The number of amides is 11.